The Morgan fingerprint density at radius 3 is 2.51 bits per heavy atom. The van der Waals surface area contributed by atoms with E-state index < -0.39 is 5.97 Å². The summed E-state index contributed by atoms with van der Waals surface area (Å²) in [4.78, 5) is 14.2. The lowest BCUT2D eigenvalue weighted by Crippen LogP contribution is -2.36. The molecule has 2 fully saturated rings. The second kappa shape index (κ2) is 9.12. The van der Waals surface area contributed by atoms with Crippen LogP contribution < -0.4 is 10.2 Å². The smallest absolute Gasteiger partial charge is 0.337 e. The molecule has 1 aliphatic heterocycles. The predicted octanol–water partition coefficient (Wildman–Crippen LogP) is 5.85. The molecule has 1 aromatic heterocycles. The molecule has 35 heavy (non-hydrogen) atoms. The highest BCUT2D eigenvalue weighted by Crippen LogP contribution is 2.41. The topological polar surface area (TPSA) is 66.7 Å². The molecule has 0 unspecified atom stereocenters. The van der Waals surface area contributed by atoms with Crippen LogP contribution in [0.3, 0.4) is 0 Å². The van der Waals surface area contributed by atoms with Crippen LogP contribution >= 0.6 is 0 Å². The Morgan fingerprint density at radius 1 is 0.971 bits per heavy atom. The van der Waals surface area contributed by atoms with Crippen molar-refractivity contribution in [3.05, 3.63) is 89.6 Å². The van der Waals surface area contributed by atoms with Crippen molar-refractivity contribution in [1.82, 2.24) is 4.57 Å². The Hall–Kier alpha value is -3.77. The van der Waals surface area contributed by atoms with E-state index >= 15 is 0 Å². The lowest BCUT2D eigenvalue weighted by molar-refractivity contribution is 0.0698. The van der Waals surface area contributed by atoms with Gasteiger partial charge in [0.05, 0.1) is 24.5 Å². The van der Waals surface area contributed by atoms with Gasteiger partial charge in [-0.25, -0.2) is 4.79 Å². The largest absolute Gasteiger partial charge is 0.478 e. The molecule has 0 radical (unpaired) electrons. The fraction of sp³-hybridized carbons (Fsp3) is 0.276. The summed E-state index contributed by atoms with van der Waals surface area (Å²) in [7, 11) is 0. The summed E-state index contributed by atoms with van der Waals surface area (Å²) in [6, 6.07) is 22.9. The van der Waals surface area contributed by atoms with Crippen LogP contribution in [0.4, 0.5) is 17.1 Å². The van der Waals surface area contributed by atoms with Crippen molar-refractivity contribution in [2.45, 2.75) is 25.3 Å². The number of nitrogens with zero attached hydrogens (tertiary/aromatic N) is 2. The molecule has 2 N–H and O–H groups in total. The number of rotatable bonds is 7. The minimum atomic E-state index is -0.901. The Bertz CT molecular complexity index is 1370. The monoisotopic (exact) mass is 467 g/mol. The molecule has 1 aliphatic carbocycles. The van der Waals surface area contributed by atoms with Crippen LogP contribution in [0.2, 0.25) is 0 Å². The molecule has 2 heterocycles. The maximum absolute atomic E-state index is 11.9. The second-order valence-corrected chi connectivity index (χ2v) is 9.49. The molecule has 2 aliphatic rings. The van der Waals surface area contributed by atoms with Gasteiger partial charge in [-0.3, -0.25) is 0 Å². The summed E-state index contributed by atoms with van der Waals surface area (Å²) in [5.41, 5.74) is 6.61. The fourth-order valence-corrected chi connectivity index (χ4v) is 4.92. The van der Waals surface area contributed by atoms with Gasteiger partial charge >= 0.3 is 5.97 Å². The van der Waals surface area contributed by atoms with E-state index in [9.17, 15) is 9.90 Å². The molecule has 1 saturated carbocycles. The number of ether oxygens (including phenoxy) is 1. The number of aromatic nitrogens is 1. The first-order valence-electron chi connectivity index (χ1n) is 12.3. The van der Waals surface area contributed by atoms with E-state index in [2.05, 4.69) is 63.4 Å². The zero-order valence-electron chi connectivity index (χ0n) is 19.6. The van der Waals surface area contributed by atoms with Gasteiger partial charge in [0.25, 0.3) is 0 Å². The van der Waals surface area contributed by atoms with Crippen LogP contribution in [0.1, 0.15) is 40.2 Å². The number of carboxylic acid groups (broad SMARTS) is 1. The molecule has 6 nitrogen and oxygen atoms in total. The van der Waals surface area contributed by atoms with Crippen LogP contribution in [0.5, 0.6) is 0 Å². The van der Waals surface area contributed by atoms with E-state index in [4.69, 9.17) is 4.74 Å². The number of anilines is 3. The summed E-state index contributed by atoms with van der Waals surface area (Å²) in [5, 5.41) is 14.2. The third-order valence-electron chi connectivity index (χ3n) is 7.04. The first-order valence-corrected chi connectivity index (χ1v) is 12.3. The van der Waals surface area contributed by atoms with Crippen LogP contribution in [-0.4, -0.2) is 41.9 Å². The molecule has 0 spiro atoms. The van der Waals surface area contributed by atoms with E-state index in [0.29, 0.717) is 17.2 Å². The van der Waals surface area contributed by atoms with Gasteiger partial charge in [0, 0.05) is 48.1 Å². The van der Waals surface area contributed by atoms with Crippen LogP contribution in [0.15, 0.2) is 72.9 Å². The Labute approximate surface area is 204 Å². The summed E-state index contributed by atoms with van der Waals surface area (Å²) in [6.45, 7) is 4.26. The number of carbonyl (C=O) groups is 1. The normalized spacial score (nSPS) is 15.9. The zero-order chi connectivity index (χ0) is 23.8. The SMILES string of the molecule is O=C(O)c1cc(C2CC2)ccc1Nc1ccc2c(ccn2Cc2ccc(N3CCOCC3)cc2)c1. The zero-order valence-corrected chi connectivity index (χ0v) is 19.6. The van der Waals surface area contributed by atoms with Gasteiger partial charge in [0.1, 0.15) is 0 Å². The highest BCUT2D eigenvalue weighted by molar-refractivity contribution is 5.96. The molecule has 6 rings (SSSR count). The summed E-state index contributed by atoms with van der Waals surface area (Å²) in [5.74, 6) is -0.379. The van der Waals surface area contributed by atoms with Crippen molar-refractivity contribution in [3.8, 4) is 0 Å². The van der Waals surface area contributed by atoms with E-state index in [0.717, 1.165) is 67.8 Å². The van der Waals surface area contributed by atoms with Gasteiger partial charge in [-0.15, -0.1) is 0 Å². The van der Waals surface area contributed by atoms with Crippen molar-refractivity contribution < 1.29 is 14.6 Å². The number of aromatic carboxylic acids is 1. The molecular weight excluding hydrogens is 438 g/mol. The lowest BCUT2D eigenvalue weighted by Gasteiger charge is -2.28. The molecule has 3 aromatic carbocycles. The predicted molar refractivity (Wildman–Crippen MR) is 139 cm³/mol. The van der Waals surface area contributed by atoms with Gasteiger partial charge in [0.15, 0.2) is 0 Å². The minimum Gasteiger partial charge on any atom is -0.478 e. The van der Waals surface area contributed by atoms with E-state index in [-0.39, 0.29) is 0 Å². The molecule has 4 aromatic rings. The standard InChI is InChI=1S/C29H29N3O3/c33-29(34)26-18-22(21-3-4-21)5-9-27(26)30-24-6-10-28-23(17-24)11-12-32(28)19-20-1-7-25(8-2-20)31-13-15-35-16-14-31/h1-2,5-12,17-18,21,30H,3-4,13-16,19H2,(H,33,34). The third-order valence-corrected chi connectivity index (χ3v) is 7.04. The van der Waals surface area contributed by atoms with Gasteiger partial charge in [-0.05, 0) is 78.4 Å². The number of nitrogens with one attached hydrogen (secondary N) is 1. The lowest BCUT2D eigenvalue weighted by atomic mass is 10.0. The molecule has 0 amide bonds. The molecule has 178 valence electrons. The first-order chi connectivity index (χ1) is 17.1. The van der Waals surface area contributed by atoms with Crippen molar-refractivity contribution in [2.75, 3.05) is 36.5 Å². The molecule has 6 heteroatoms. The van der Waals surface area contributed by atoms with Crippen LogP contribution in [-0.2, 0) is 11.3 Å². The fourth-order valence-electron chi connectivity index (χ4n) is 4.92. The van der Waals surface area contributed by atoms with E-state index in [1.54, 1.807) is 0 Å². The quantitative estimate of drug-likeness (QED) is 0.357. The van der Waals surface area contributed by atoms with Crippen molar-refractivity contribution in [1.29, 1.82) is 0 Å². The van der Waals surface area contributed by atoms with E-state index in [1.165, 1.54) is 11.3 Å². The maximum Gasteiger partial charge on any atom is 0.337 e. The van der Waals surface area contributed by atoms with Crippen molar-refractivity contribution in [3.63, 3.8) is 0 Å². The summed E-state index contributed by atoms with van der Waals surface area (Å²) < 4.78 is 7.70. The van der Waals surface area contributed by atoms with Gasteiger partial charge in [-0.2, -0.15) is 0 Å². The van der Waals surface area contributed by atoms with Gasteiger partial charge < -0.3 is 24.6 Å². The number of morpholine rings is 1. The number of hydrogen-bond donors (Lipinski definition) is 2. The molecule has 0 atom stereocenters. The molecule has 1 saturated heterocycles. The average molecular weight is 468 g/mol. The first kappa shape index (κ1) is 21.7. The summed E-state index contributed by atoms with van der Waals surface area (Å²) >= 11 is 0. The Balaban J connectivity index is 1.19. The van der Waals surface area contributed by atoms with Crippen molar-refractivity contribution >= 4 is 33.9 Å². The highest BCUT2D eigenvalue weighted by atomic mass is 16.5. The average Bonchev–Trinajstić information content (AvgIpc) is 3.67. The Kier molecular flexibility index (Phi) is 5.66. The minimum absolute atomic E-state index is 0.326. The number of hydrogen-bond acceptors (Lipinski definition) is 4. The molecule has 0 bridgehead atoms. The number of benzene rings is 3. The second-order valence-electron chi connectivity index (χ2n) is 9.49. The van der Waals surface area contributed by atoms with Crippen LogP contribution in [0, 0.1) is 0 Å². The Morgan fingerprint density at radius 2 is 1.77 bits per heavy atom. The summed E-state index contributed by atoms with van der Waals surface area (Å²) in [6.07, 6.45) is 4.41. The van der Waals surface area contributed by atoms with E-state index in [1.807, 2.05) is 24.3 Å². The molecular formula is C29H29N3O3. The number of carboxylic acids is 1. The highest BCUT2D eigenvalue weighted by Gasteiger charge is 2.25. The third kappa shape index (κ3) is 4.62. The van der Waals surface area contributed by atoms with Crippen LogP contribution in [0.25, 0.3) is 10.9 Å². The van der Waals surface area contributed by atoms with Crippen molar-refractivity contribution in [2.24, 2.45) is 0 Å². The number of fused-ring (bicyclic) bond motifs is 1. The maximum atomic E-state index is 11.9. The van der Waals surface area contributed by atoms with Gasteiger partial charge in [0.2, 0.25) is 0 Å². The van der Waals surface area contributed by atoms with Gasteiger partial charge in [-0.1, -0.05) is 18.2 Å².